The molecule has 0 unspecified atom stereocenters. The third-order valence-electron chi connectivity index (χ3n) is 2.49. The van der Waals surface area contributed by atoms with Gasteiger partial charge in [0.25, 0.3) is 0 Å². The Morgan fingerprint density at radius 3 is 2.67 bits per heavy atom. The Bertz CT molecular complexity index is 344. The molecule has 1 rings (SSSR count). The van der Waals surface area contributed by atoms with Gasteiger partial charge in [-0.15, -0.1) is 0 Å². The van der Waals surface area contributed by atoms with E-state index in [0.717, 1.165) is 19.3 Å². The minimum absolute atomic E-state index is 0.117. The number of aryl methyl sites for hydroxylation is 1. The number of ketones is 1. The molecule has 0 aliphatic carbocycles. The Morgan fingerprint density at radius 2 is 2.07 bits per heavy atom. The molecule has 15 heavy (non-hydrogen) atoms. The first-order valence-electron chi connectivity index (χ1n) is 5.44. The van der Waals surface area contributed by atoms with Crippen LogP contribution in [0, 0.1) is 12.7 Å². The van der Waals surface area contributed by atoms with Crippen LogP contribution in [0.4, 0.5) is 4.39 Å². The molecule has 0 heterocycles. The van der Waals surface area contributed by atoms with E-state index in [4.69, 9.17) is 0 Å². The van der Waals surface area contributed by atoms with Crippen LogP contribution in [0.5, 0.6) is 0 Å². The van der Waals surface area contributed by atoms with Gasteiger partial charge in [-0.3, -0.25) is 4.79 Å². The number of unbranched alkanes of at least 4 members (excludes halogenated alkanes) is 2. The zero-order chi connectivity index (χ0) is 11.3. The van der Waals surface area contributed by atoms with Crippen LogP contribution < -0.4 is 0 Å². The number of carbonyl (C=O) groups is 1. The first-order valence-corrected chi connectivity index (χ1v) is 5.44. The molecule has 82 valence electrons. The highest BCUT2D eigenvalue weighted by atomic mass is 19.1. The van der Waals surface area contributed by atoms with Crippen molar-refractivity contribution in [2.24, 2.45) is 0 Å². The van der Waals surface area contributed by atoms with E-state index in [1.165, 1.54) is 6.07 Å². The average molecular weight is 208 g/mol. The fourth-order valence-corrected chi connectivity index (χ4v) is 1.50. The summed E-state index contributed by atoms with van der Waals surface area (Å²) >= 11 is 0. The van der Waals surface area contributed by atoms with Crippen molar-refractivity contribution in [3.63, 3.8) is 0 Å². The fourth-order valence-electron chi connectivity index (χ4n) is 1.50. The van der Waals surface area contributed by atoms with Crippen molar-refractivity contribution in [3.05, 3.63) is 35.1 Å². The molecule has 0 saturated heterocycles. The van der Waals surface area contributed by atoms with E-state index in [-0.39, 0.29) is 11.6 Å². The van der Waals surface area contributed by atoms with Gasteiger partial charge in [-0.05, 0) is 37.1 Å². The van der Waals surface area contributed by atoms with E-state index < -0.39 is 0 Å². The first-order chi connectivity index (χ1) is 7.15. The van der Waals surface area contributed by atoms with Gasteiger partial charge in [-0.1, -0.05) is 19.8 Å². The number of benzene rings is 1. The zero-order valence-corrected chi connectivity index (χ0v) is 9.35. The highest BCUT2D eigenvalue weighted by Gasteiger charge is 2.07. The molecule has 0 radical (unpaired) electrons. The molecule has 0 bridgehead atoms. The minimum Gasteiger partial charge on any atom is -0.294 e. The fraction of sp³-hybridized carbons (Fsp3) is 0.462. The normalized spacial score (nSPS) is 10.3. The molecule has 1 aromatic rings. The summed E-state index contributed by atoms with van der Waals surface area (Å²) in [7, 11) is 0. The van der Waals surface area contributed by atoms with Gasteiger partial charge in [-0.2, -0.15) is 0 Å². The van der Waals surface area contributed by atoms with Crippen molar-refractivity contribution in [1.29, 1.82) is 0 Å². The molecule has 0 atom stereocenters. The summed E-state index contributed by atoms with van der Waals surface area (Å²) < 4.78 is 13.0. The number of hydrogen-bond donors (Lipinski definition) is 0. The maximum Gasteiger partial charge on any atom is 0.162 e. The SMILES string of the molecule is CCCCCC(=O)c1ccc(F)c(C)c1. The van der Waals surface area contributed by atoms with Crippen LogP contribution in [0.15, 0.2) is 18.2 Å². The van der Waals surface area contributed by atoms with E-state index in [1.54, 1.807) is 19.1 Å². The van der Waals surface area contributed by atoms with Gasteiger partial charge in [0, 0.05) is 12.0 Å². The van der Waals surface area contributed by atoms with Crippen LogP contribution in [0.2, 0.25) is 0 Å². The van der Waals surface area contributed by atoms with Crippen LogP contribution in [-0.4, -0.2) is 5.78 Å². The number of hydrogen-bond acceptors (Lipinski definition) is 1. The lowest BCUT2D eigenvalue weighted by Crippen LogP contribution is -2.00. The summed E-state index contributed by atoms with van der Waals surface area (Å²) in [5.74, 6) is -0.133. The van der Waals surface area contributed by atoms with E-state index in [2.05, 4.69) is 6.92 Å². The molecule has 0 aliphatic rings. The Kier molecular flexibility index (Phi) is 4.47. The number of Topliss-reactive ketones (excluding diaryl/α,β-unsaturated/α-hetero) is 1. The van der Waals surface area contributed by atoms with Gasteiger partial charge in [0.2, 0.25) is 0 Å². The lowest BCUT2D eigenvalue weighted by molar-refractivity contribution is 0.0979. The molecular weight excluding hydrogens is 191 g/mol. The minimum atomic E-state index is -0.250. The molecule has 0 aromatic heterocycles. The highest BCUT2D eigenvalue weighted by Crippen LogP contribution is 2.12. The lowest BCUT2D eigenvalue weighted by Gasteiger charge is -2.02. The maximum atomic E-state index is 13.0. The molecule has 0 N–H and O–H groups in total. The molecule has 0 amide bonds. The smallest absolute Gasteiger partial charge is 0.162 e. The maximum absolute atomic E-state index is 13.0. The zero-order valence-electron chi connectivity index (χ0n) is 9.35. The van der Waals surface area contributed by atoms with Crippen molar-refractivity contribution in [2.75, 3.05) is 0 Å². The average Bonchev–Trinajstić information content (AvgIpc) is 2.22. The molecule has 0 saturated carbocycles. The van der Waals surface area contributed by atoms with Crippen molar-refractivity contribution >= 4 is 5.78 Å². The molecule has 0 spiro atoms. The third kappa shape index (κ3) is 3.46. The van der Waals surface area contributed by atoms with E-state index in [0.29, 0.717) is 17.5 Å². The first kappa shape index (κ1) is 11.9. The summed E-state index contributed by atoms with van der Waals surface area (Å²) in [5.41, 5.74) is 1.17. The van der Waals surface area contributed by atoms with Gasteiger partial charge < -0.3 is 0 Å². The van der Waals surface area contributed by atoms with Crippen LogP contribution in [0.1, 0.15) is 48.5 Å². The summed E-state index contributed by atoms with van der Waals surface area (Å²) in [4.78, 5) is 11.7. The predicted octanol–water partition coefficient (Wildman–Crippen LogP) is 3.90. The van der Waals surface area contributed by atoms with E-state index in [1.807, 2.05) is 0 Å². The summed E-state index contributed by atoms with van der Waals surface area (Å²) in [6, 6.07) is 4.56. The summed E-state index contributed by atoms with van der Waals surface area (Å²) in [5, 5.41) is 0. The van der Waals surface area contributed by atoms with Crippen LogP contribution in [0.25, 0.3) is 0 Å². The van der Waals surface area contributed by atoms with Crippen molar-refractivity contribution in [2.45, 2.75) is 39.5 Å². The second-order valence-corrected chi connectivity index (χ2v) is 3.84. The quantitative estimate of drug-likeness (QED) is 0.530. The van der Waals surface area contributed by atoms with E-state index in [9.17, 15) is 9.18 Å². The van der Waals surface area contributed by atoms with E-state index >= 15 is 0 Å². The topological polar surface area (TPSA) is 17.1 Å². The Balaban J connectivity index is 2.62. The molecule has 1 nitrogen and oxygen atoms in total. The standard InChI is InChI=1S/C13H17FO/c1-3-4-5-6-13(15)11-7-8-12(14)10(2)9-11/h7-9H,3-6H2,1-2H3. The predicted molar refractivity (Wildman–Crippen MR) is 59.6 cm³/mol. The van der Waals surface area contributed by atoms with Crippen molar-refractivity contribution < 1.29 is 9.18 Å². The monoisotopic (exact) mass is 208 g/mol. The Hall–Kier alpha value is -1.18. The van der Waals surface area contributed by atoms with Gasteiger partial charge in [-0.25, -0.2) is 4.39 Å². The second kappa shape index (κ2) is 5.64. The van der Waals surface area contributed by atoms with Gasteiger partial charge in [0.05, 0.1) is 0 Å². The summed E-state index contributed by atoms with van der Waals surface area (Å²) in [6.07, 6.45) is 3.67. The third-order valence-corrected chi connectivity index (χ3v) is 2.49. The molecule has 1 aromatic carbocycles. The van der Waals surface area contributed by atoms with Gasteiger partial charge >= 0.3 is 0 Å². The second-order valence-electron chi connectivity index (χ2n) is 3.84. The lowest BCUT2D eigenvalue weighted by atomic mass is 10.0. The summed E-state index contributed by atoms with van der Waals surface area (Å²) in [6.45, 7) is 3.78. The van der Waals surface area contributed by atoms with Gasteiger partial charge in [0.15, 0.2) is 5.78 Å². The van der Waals surface area contributed by atoms with Crippen LogP contribution >= 0.6 is 0 Å². The largest absolute Gasteiger partial charge is 0.294 e. The molecule has 0 aliphatic heterocycles. The number of carbonyl (C=O) groups excluding carboxylic acids is 1. The van der Waals surface area contributed by atoms with Crippen LogP contribution in [0.3, 0.4) is 0 Å². The molecule has 2 heteroatoms. The van der Waals surface area contributed by atoms with Gasteiger partial charge in [0.1, 0.15) is 5.82 Å². The molecule has 0 fully saturated rings. The number of rotatable bonds is 5. The highest BCUT2D eigenvalue weighted by molar-refractivity contribution is 5.96. The van der Waals surface area contributed by atoms with Crippen molar-refractivity contribution in [3.8, 4) is 0 Å². The van der Waals surface area contributed by atoms with Crippen LogP contribution in [-0.2, 0) is 0 Å². The molecular formula is C13H17FO. The Labute approximate surface area is 90.3 Å². The van der Waals surface area contributed by atoms with Crippen molar-refractivity contribution in [1.82, 2.24) is 0 Å². The number of halogens is 1. The Morgan fingerprint density at radius 1 is 1.33 bits per heavy atom.